The number of nitrogens with two attached hydrogens (primary N) is 1. The van der Waals surface area contributed by atoms with E-state index in [0.29, 0.717) is 31.8 Å². The quantitative estimate of drug-likeness (QED) is 0.358. The van der Waals surface area contributed by atoms with Gasteiger partial charge in [0.1, 0.15) is 0 Å². The summed E-state index contributed by atoms with van der Waals surface area (Å²) in [5.41, 5.74) is 4.34. The van der Waals surface area contributed by atoms with E-state index in [4.69, 9.17) is 5.73 Å². The molecule has 1 heterocycles. The van der Waals surface area contributed by atoms with Crippen molar-refractivity contribution in [2.24, 2.45) is 44.7 Å². The van der Waals surface area contributed by atoms with Gasteiger partial charge in [-0.1, -0.05) is 12.5 Å². The highest BCUT2D eigenvalue weighted by molar-refractivity contribution is 6.05. The average molecular weight is 483 g/mol. The Hall–Kier alpha value is -2.19. The van der Waals surface area contributed by atoms with Gasteiger partial charge in [-0.2, -0.15) is 0 Å². The van der Waals surface area contributed by atoms with Crippen LogP contribution in [0.15, 0.2) is 28.4 Å². The fourth-order valence-corrected chi connectivity index (χ4v) is 10.5. The predicted molar refractivity (Wildman–Crippen MR) is 131 cm³/mol. The molecule has 0 amide bonds. The van der Waals surface area contributed by atoms with E-state index < -0.39 is 22.9 Å². The number of hydrogen-bond donors (Lipinski definition) is 4. The van der Waals surface area contributed by atoms with Crippen LogP contribution in [0, 0.1) is 34.0 Å². The maximum Gasteiger partial charge on any atom is 0.334 e. The third-order valence-electron chi connectivity index (χ3n) is 11.3. The normalized spacial score (nSPS) is 46.3. The second-order valence-electron chi connectivity index (χ2n) is 11.9. The summed E-state index contributed by atoms with van der Waals surface area (Å²) in [7, 11) is 3.68. The van der Waals surface area contributed by atoms with Crippen LogP contribution in [0.2, 0.25) is 0 Å². The largest absolute Gasteiger partial charge is 0.478 e. The Labute approximate surface area is 206 Å². The zero-order valence-corrected chi connectivity index (χ0v) is 20.8. The molecule has 0 aromatic rings. The number of carbonyl (C=O) groups excluding carboxylic acids is 1. The maximum atomic E-state index is 13.7. The molecule has 6 rings (SSSR count). The molecule has 7 unspecified atom stereocenters. The van der Waals surface area contributed by atoms with E-state index in [1.807, 2.05) is 11.9 Å². The summed E-state index contributed by atoms with van der Waals surface area (Å²) < 4.78 is 0. The number of carboxylic acids is 1. The maximum absolute atomic E-state index is 13.7. The van der Waals surface area contributed by atoms with E-state index in [9.17, 15) is 19.8 Å². The lowest BCUT2D eigenvalue weighted by Gasteiger charge is -2.71. The van der Waals surface area contributed by atoms with Crippen molar-refractivity contribution in [1.82, 2.24) is 10.2 Å². The van der Waals surface area contributed by atoms with Crippen molar-refractivity contribution in [2.45, 2.75) is 63.4 Å². The number of nitrogens with one attached hydrogen (secondary N) is 1. The van der Waals surface area contributed by atoms with Gasteiger partial charge >= 0.3 is 5.97 Å². The molecule has 5 aliphatic carbocycles. The molecule has 0 saturated heterocycles. The molecule has 2 spiro atoms. The Morgan fingerprint density at radius 2 is 2.03 bits per heavy atom. The SMILES string of the molecule is CN=C(N)N1C=CC2(CNC)CCC3C4(O)C(=O)CCCCC5CCC6CC(=C4C(=O)O)C53C62C1. The molecule has 5 N–H and O–H groups in total. The number of aliphatic hydroxyl groups is 1. The number of aliphatic carboxylic acids is 1. The van der Waals surface area contributed by atoms with Gasteiger partial charge in [-0.05, 0) is 69.4 Å². The molecule has 0 radical (unpaired) electrons. The highest BCUT2D eigenvalue weighted by Crippen LogP contribution is 2.84. The number of allylic oxidation sites excluding steroid dienone is 1. The zero-order chi connectivity index (χ0) is 24.8. The van der Waals surface area contributed by atoms with Gasteiger partial charge in [-0.15, -0.1) is 0 Å². The molecular weight excluding hydrogens is 444 g/mol. The minimum Gasteiger partial charge on any atom is -0.478 e. The summed E-state index contributed by atoms with van der Waals surface area (Å²) in [6.07, 6.45) is 11.4. The van der Waals surface area contributed by atoms with E-state index in [0.717, 1.165) is 44.2 Å². The molecule has 6 aliphatic rings. The first-order chi connectivity index (χ1) is 16.7. The summed E-state index contributed by atoms with van der Waals surface area (Å²) in [5, 5.41) is 26.3. The van der Waals surface area contributed by atoms with E-state index in [-0.39, 0.29) is 40.4 Å². The van der Waals surface area contributed by atoms with Crippen LogP contribution in [0.4, 0.5) is 0 Å². The average Bonchev–Trinajstić information content (AvgIpc) is 3.18. The van der Waals surface area contributed by atoms with Crippen molar-refractivity contribution < 1.29 is 19.8 Å². The van der Waals surface area contributed by atoms with Crippen molar-refractivity contribution in [3.8, 4) is 0 Å². The summed E-state index contributed by atoms with van der Waals surface area (Å²) in [4.78, 5) is 32.9. The van der Waals surface area contributed by atoms with Gasteiger partial charge in [0.25, 0.3) is 0 Å². The molecule has 190 valence electrons. The van der Waals surface area contributed by atoms with Crippen molar-refractivity contribution in [3.05, 3.63) is 23.4 Å². The Bertz CT molecular complexity index is 1080. The number of nitrogens with zero attached hydrogens (tertiary/aromatic N) is 2. The first kappa shape index (κ1) is 23.2. The predicted octanol–water partition coefficient (Wildman–Crippen LogP) is 2.05. The Morgan fingerprint density at radius 3 is 2.74 bits per heavy atom. The van der Waals surface area contributed by atoms with Crippen LogP contribution >= 0.6 is 0 Å². The van der Waals surface area contributed by atoms with Gasteiger partial charge < -0.3 is 26.2 Å². The topological polar surface area (TPSA) is 128 Å². The number of hydrogen-bond acceptors (Lipinski definition) is 5. The van der Waals surface area contributed by atoms with Crippen LogP contribution in [-0.2, 0) is 9.59 Å². The van der Waals surface area contributed by atoms with Gasteiger partial charge in [0, 0.05) is 54.9 Å². The van der Waals surface area contributed by atoms with Crippen molar-refractivity contribution >= 4 is 17.7 Å². The fraction of sp³-hybridized carbons (Fsp3) is 0.741. The first-order valence-corrected chi connectivity index (χ1v) is 13.3. The number of aliphatic imine (C=N–C) groups is 1. The number of rotatable bonds is 3. The Morgan fingerprint density at radius 1 is 1.26 bits per heavy atom. The molecule has 0 aromatic carbocycles. The second-order valence-corrected chi connectivity index (χ2v) is 11.9. The van der Waals surface area contributed by atoms with Crippen LogP contribution in [0.1, 0.15) is 57.8 Å². The standard InChI is InChI=1S/C27H38N4O4/c1-29-14-24-10-9-19-26-16-5-3-4-6-20(32)27(19,35)21(22(33)34)18(26)13-17(8-7-16)25(24,26)15-31(12-11-24)23(28)30-2/h11-12,16-17,19,29,35H,3-10,13-15H2,1-2H3,(H2,28,30)(H,33,34). The Balaban J connectivity index is 1.71. The molecule has 8 nitrogen and oxygen atoms in total. The lowest BCUT2D eigenvalue weighted by atomic mass is 9.34. The van der Waals surface area contributed by atoms with Gasteiger partial charge in [0.15, 0.2) is 17.3 Å². The highest BCUT2D eigenvalue weighted by Gasteiger charge is 2.84. The van der Waals surface area contributed by atoms with Gasteiger partial charge in [-0.3, -0.25) is 9.79 Å². The monoisotopic (exact) mass is 482 g/mol. The summed E-state index contributed by atoms with van der Waals surface area (Å²) >= 11 is 0. The third kappa shape index (κ3) is 2.39. The highest BCUT2D eigenvalue weighted by atomic mass is 16.4. The smallest absolute Gasteiger partial charge is 0.334 e. The Kier molecular flexibility index (Phi) is 4.92. The van der Waals surface area contributed by atoms with Gasteiger partial charge in [-0.25, -0.2) is 4.79 Å². The zero-order valence-electron chi connectivity index (χ0n) is 20.8. The van der Waals surface area contributed by atoms with E-state index in [1.165, 1.54) is 0 Å². The molecule has 35 heavy (non-hydrogen) atoms. The summed E-state index contributed by atoms with van der Waals surface area (Å²) in [6, 6.07) is 0. The molecule has 3 bridgehead atoms. The number of Topliss-reactive ketones (excluding diaryl/α,β-unsaturated/α-hetero) is 1. The van der Waals surface area contributed by atoms with Crippen LogP contribution in [-0.4, -0.2) is 65.6 Å². The van der Waals surface area contributed by atoms with Crippen LogP contribution in [0.5, 0.6) is 0 Å². The van der Waals surface area contributed by atoms with Crippen LogP contribution in [0.3, 0.4) is 0 Å². The molecule has 7 atom stereocenters. The lowest BCUT2D eigenvalue weighted by molar-refractivity contribution is -0.213. The van der Waals surface area contributed by atoms with Gasteiger partial charge in [0.2, 0.25) is 0 Å². The summed E-state index contributed by atoms with van der Waals surface area (Å²) in [5.74, 6) is -0.815. The molecular formula is C27H38N4O4. The van der Waals surface area contributed by atoms with Crippen molar-refractivity contribution in [1.29, 1.82) is 0 Å². The van der Waals surface area contributed by atoms with Crippen LogP contribution in [0.25, 0.3) is 0 Å². The fourth-order valence-electron chi connectivity index (χ4n) is 10.5. The first-order valence-electron chi connectivity index (χ1n) is 13.3. The molecule has 1 aliphatic heterocycles. The van der Waals surface area contributed by atoms with Gasteiger partial charge in [0.05, 0.1) is 5.57 Å². The summed E-state index contributed by atoms with van der Waals surface area (Å²) in [6.45, 7) is 1.42. The number of carboxylic acid groups (broad SMARTS) is 1. The van der Waals surface area contributed by atoms with Crippen LogP contribution < -0.4 is 11.1 Å². The molecule has 8 heteroatoms. The number of guanidine groups is 1. The molecule has 4 saturated carbocycles. The molecule has 4 fully saturated rings. The van der Waals surface area contributed by atoms with E-state index in [2.05, 4.69) is 22.6 Å². The van der Waals surface area contributed by atoms with Crippen molar-refractivity contribution in [2.75, 3.05) is 27.2 Å². The third-order valence-corrected chi connectivity index (χ3v) is 11.3. The minimum absolute atomic E-state index is 0.0293. The van der Waals surface area contributed by atoms with E-state index in [1.54, 1.807) is 7.05 Å². The minimum atomic E-state index is -1.90. The second kappa shape index (κ2) is 7.42. The van der Waals surface area contributed by atoms with Crippen molar-refractivity contribution in [3.63, 3.8) is 0 Å². The number of ketones is 1. The molecule has 0 aromatic heterocycles. The number of carbonyl (C=O) groups is 2. The lowest BCUT2D eigenvalue weighted by Crippen LogP contribution is -2.72. The van der Waals surface area contributed by atoms with E-state index >= 15 is 0 Å².